The van der Waals surface area contributed by atoms with Gasteiger partial charge in [-0.05, 0) is 39.3 Å². The minimum Gasteiger partial charge on any atom is -0.370 e. The smallest absolute Gasteiger partial charge is 0.168 e. The molecule has 1 N–H and O–H groups in total. The molecule has 0 amide bonds. The van der Waals surface area contributed by atoms with Crippen molar-refractivity contribution in [2.45, 2.75) is 78.6 Å². The zero-order valence-electron chi connectivity index (χ0n) is 16.8. The van der Waals surface area contributed by atoms with Crippen LogP contribution in [0.1, 0.15) is 68.5 Å². The Hall–Kier alpha value is -1.57. The highest BCUT2D eigenvalue weighted by atomic mass is 32.1. The molecule has 4 rings (SSSR count). The van der Waals surface area contributed by atoms with Crippen molar-refractivity contribution in [2.75, 3.05) is 6.54 Å². The number of aromatic nitrogens is 4. The van der Waals surface area contributed by atoms with Gasteiger partial charge in [0.25, 0.3) is 0 Å². The van der Waals surface area contributed by atoms with E-state index in [-0.39, 0.29) is 5.60 Å². The summed E-state index contributed by atoms with van der Waals surface area (Å²) >= 11 is 1.73. The number of unbranched alkanes of at least 4 members (excludes halogenated alkanes) is 3. The zero-order chi connectivity index (χ0) is 19.0. The van der Waals surface area contributed by atoms with Gasteiger partial charge in [-0.15, -0.1) is 16.4 Å². The number of rotatable bonds is 7. The number of fused-ring (bicyclic) bond motifs is 5. The molecule has 0 atom stereocenters. The van der Waals surface area contributed by atoms with Crippen molar-refractivity contribution in [3.63, 3.8) is 0 Å². The van der Waals surface area contributed by atoms with Gasteiger partial charge in [0.1, 0.15) is 10.7 Å². The Morgan fingerprint density at radius 3 is 2.89 bits per heavy atom. The fourth-order valence-corrected chi connectivity index (χ4v) is 4.88. The third-order valence-electron chi connectivity index (χ3n) is 5.20. The van der Waals surface area contributed by atoms with Gasteiger partial charge in [-0.25, -0.2) is 9.97 Å². The lowest BCUT2D eigenvalue weighted by Gasteiger charge is -2.30. The minimum atomic E-state index is -0.147. The van der Waals surface area contributed by atoms with Crippen LogP contribution in [-0.2, 0) is 24.3 Å². The summed E-state index contributed by atoms with van der Waals surface area (Å²) in [6.07, 6.45) is 5.95. The number of hydrogen-bond donors (Lipinski definition) is 1. The standard InChI is InChI=1S/C20H29N5OS/c1-5-6-7-8-9-21-11-16-23-18-17-14-10-20(3,4)26-12-15(14)27-19(17)22-13(2)25(18)24-16/h21H,5-12H2,1-4H3. The molecule has 0 bridgehead atoms. The van der Waals surface area contributed by atoms with Crippen molar-refractivity contribution < 1.29 is 4.74 Å². The first-order chi connectivity index (χ1) is 13.0. The van der Waals surface area contributed by atoms with Crippen LogP contribution in [0.3, 0.4) is 0 Å². The van der Waals surface area contributed by atoms with Gasteiger partial charge in [-0.2, -0.15) is 4.52 Å². The largest absolute Gasteiger partial charge is 0.370 e. The Balaban J connectivity index is 1.63. The first-order valence-corrected chi connectivity index (χ1v) is 10.8. The van der Waals surface area contributed by atoms with E-state index < -0.39 is 0 Å². The predicted molar refractivity (Wildman–Crippen MR) is 109 cm³/mol. The van der Waals surface area contributed by atoms with Gasteiger partial charge in [0, 0.05) is 11.3 Å². The van der Waals surface area contributed by atoms with Crippen molar-refractivity contribution in [2.24, 2.45) is 0 Å². The van der Waals surface area contributed by atoms with Crippen molar-refractivity contribution in [1.29, 1.82) is 0 Å². The molecule has 7 heteroatoms. The Labute approximate surface area is 164 Å². The van der Waals surface area contributed by atoms with E-state index in [1.165, 1.54) is 41.5 Å². The summed E-state index contributed by atoms with van der Waals surface area (Å²) < 4.78 is 7.90. The summed E-state index contributed by atoms with van der Waals surface area (Å²) in [5.74, 6) is 1.73. The maximum atomic E-state index is 5.99. The van der Waals surface area contributed by atoms with Crippen molar-refractivity contribution in [3.8, 4) is 0 Å². The summed E-state index contributed by atoms with van der Waals surface area (Å²) in [6, 6.07) is 0. The highest BCUT2D eigenvalue weighted by Crippen LogP contribution is 2.39. The maximum absolute atomic E-state index is 5.99. The molecule has 0 spiro atoms. The predicted octanol–water partition coefficient (Wildman–Crippen LogP) is 4.17. The van der Waals surface area contributed by atoms with Gasteiger partial charge in [0.15, 0.2) is 11.5 Å². The molecule has 6 nitrogen and oxygen atoms in total. The van der Waals surface area contributed by atoms with E-state index >= 15 is 0 Å². The van der Waals surface area contributed by atoms with Crippen molar-refractivity contribution in [1.82, 2.24) is 24.9 Å². The second-order valence-corrected chi connectivity index (χ2v) is 9.15. The van der Waals surface area contributed by atoms with Crippen LogP contribution in [0.2, 0.25) is 0 Å². The molecular formula is C20H29N5OS. The Morgan fingerprint density at radius 2 is 2.07 bits per heavy atom. The van der Waals surface area contributed by atoms with E-state index in [1.807, 2.05) is 11.4 Å². The van der Waals surface area contributed by atoms with Gasteiger partial charge >= 0.3 is 0 Å². The van der Waals surface area contributed by atoms with Crippen LogP contribution in [-0.4, -0.2) is 31.7 Å². The molecule has 0 radical (unpaired) electrons. The Kier molecular flexibility index (Phi) is 5.18. The summed E-state index contributed by atoms with van der Waals surface area (Å²) in [6.45, 7) is 10.9. The molecule has 1 aliphatic heterocycles. The van der Waals surface area contributed by atoms with Gasteiger partial charge in [-0.3, -0.25) is 0 Å². The van der Waals surface area contributed by atoms with E-state index in [9.17, 15) is 0 Å². The first kappa shape index (κ1) is 18.8. The number of nitrogens with zero attached hydrogens (tertiary/aromatic N) is 4. The molecule has 3 aromatic rings. The van der Waals surface area contributed by atoms with Crippen molar-refractivity contribution >= 4 is 27.2 Å². The minimum absolute atomic E-state index is 0.147. The van der Waals surface area contributed by atoms with Gasteiger partial charge in [0.05, 0.1) is 24.1 Å². The van der Waals surface area contributed by atoms with Crippen LogP contribution < -0.4 is 5.32 Å². The summed E-state index contributed by atoms with van der Waals surface area (Å²) in [7, 11) is 0. The molecular weight excluding hydrogens is 358 g/mol. The molecule has 1 aliphatic rings. The Morgan fingerprint density at radius 1 is 1.22 bits per heavy atom. The highest BCUT2D eigenvalue weighted by molar-refractivity contribution is 7.19. The average molecular weight is 388 g/mol. The van der Waals surface area contributed by atoms with Crippen molar-refractivity contribution in [3.05, 3.63) is 22.1 Å². The molecule has 0 unspecified atom stereocenters. The van der Waals surface area contributed by atoms with E-state index in [4.69, 9.17) is 19.8 Å². The van der Waals surface area contributed by atoms with Gasteiger partial charge in [-0.1, -0.05) is 26.2 Å². The molecule has 0 aliphatic carbocycles. The fourth-order valence-electron chi connectivity index (χ4n) is 3.74. The third kappa shape index (κ3) is 3.73. The zero-order valence-corrected chi connectivity index (χ0v) is 17.6. The SMILES string of the molecule is CCCCCCNCc1nc2c3c4c(sc3nc(C)n2n1)COC(C)(C)C4. The fraction of sp³-hybridized carbons (Fsp3) is 0.650. The lowest BCUT2D eigenvalue weighted by Crippen LogP contribution is -2.31. The first-order valence-electron chi connectivity index (χ1n) is 9.99. The molecule has 0 fully saturated rings. The molecule has 27 heavy (non-hydrogen) atoms. The van der Waals surface area contributed by atoms with E-state index in [2.05, 4.69) is 26.1 Å². The lowest BCUT2D eigenvalue weighted by molar-refractivity contribution is -0.0379. The average Bonchev–Trinajstić information content (AvgIpc) is 3.18. The summed E-state index contributed by atoms with van der Waals surface area (Å²) in [4.78, 5) is 12.0. The van der Waals surface area contributed by atoms with Crippen LogP contribution in [0.5, 0.6) is 0 Å². The number of ether oxygens (including phenoxy) is 1. The second kappa shape index (κ2) is 7.45. The molecule has 4 heterocycles. The van der Waals surface area contributed by atoms with Crippen LogP contribution in [0.4, 0.5) is 0 Å². The molecule has 3 aromatic heterocycles. The van der Waals surface area contributed by atoms with Crippen LogP contribution in [0.25, 0.3) is 15.9 Å². The summed E-state index contributed by atoms with van der Waals surface area (Å²) in [5, 5.41) is 9.36. The molecule has 0 aromatic carbocycles. The summed E-state index contributed by atoms with van der Waals surface area (Å²) in [5.41, 5.74) is 2.14. The lowest BCUT2D eigenvalue weighted by atomic mass is 9.94. The van der Waals surface area contributed by atoms with Crippen LogP contribution >= 0.6 is 11.3 Å². The van der Waals surface area contributed by atoms with Crippen LogP contribution in [0.15, 0.2) is 0 Å². The van der Waals surface area contributed by atoms with Crippen LogP contribution in [0, 0.1) is 6.92 Å². The molecule has 0 saturated heterocycles. The molecule has 0 saturated carbocycles. The van der Waals surface area contributed by atoms with E-state index in [1.54, 1.807) is 11.3 Å². The Bertz CT molecular complexity index is 958. The third-order valence-corrected chi connectivity index (χ3v) is 6.30. The molecule has 146 valence electrons. The number of thiophene rings is 1. The second-order valence-electron chi connectivity index (χ2n) is 8.07. The monoisotopic (exact) mass is 387 g/mol. The van der Waals surface area contributed by atoms with E-state index in [0.29, 0.717) is 13.2 Å². The van der Waals surface area contributed by atoms with Gasteiger partial charge in [0.2, 0.25) is 0 Å². The van der Waals surface area contributed by atoms with Gasteiger partial charge < -0.3 is 10.1 Å². The quantitative estimate of drug-likeness (QED) is 0.617. The number of aryl methyl sites for hydroxylation is 1. The number of nitrogens with one attached hydrogen (secondary N) is 1. The normalized spacial score (nSPS) is 16.3. The van der Waals surface area contributed by atoms with E-state index in [0.717, 1.165) is 35.1 Å². The maximum Gasteiger partial charge on any atom is 0.168 e. The topological polar surface area (TPSA) is 64.3 Å². The number of hydrogen-bond acceptors (Lipinski definition) is 6. The highest BCUT2D eigenvalue weighted by Gasteiger charge is 2.31.